The van der Waals surface area contributed by atoms with E-state index in [0.29, 0.717) is 11.6 Å². The van der Waals surface area contributed by atoms with Crippen molar-refractivity contribution in [2.24, 2.45) is 0 Å². The van der Waals surface area contributed by atoms with E-state index < -0.39 is 5.97 Å². The summed E-state index contributed by atoms with van der Waals surface area (Å²) in [7, 11) is 0. The maximum absolute atomic E-state index is 11.6. The maximum Gasteiger partial charge on any atom is 0.335 e. The monoisotopic (exact) mass is 375 g/mol. The Labute approximate surface area is 167 Å². The number of aromatic carboxylic acids is 1. The second-order valence-electron chi connectivity index (χ2n) is 7.38. The molecular formula is C25H29NO2. The molecular weight excluding hydrogens is 346 g/mol. The van der Waals surface area contributed by atoms with Gasteiger partial charge in [0, 0.05) is 6.04 Å². The highest BCUT2D eigenvalue weighted by Crippen LogP contribution is 2.34. The summed E-state index contributed by atoms with van der Waals surface area (Å²) in [5.74, 6) is -0.881. The number of nitrogens with one attached hydrogen (secondary N) is 1. The molecule has 0 bridgehead atoms. The molecule has 3 aromatic rings. The van der Waals surface area contributed by atoms with Crippen LogP contribution in [0.1, 0.15) is 60.6 Å². The van der Waals surface area contributed by atoms with Crippen molar-refractivity contribution in [2.45, 2.75) is 46.1 Å². The van der Waals surface area contributed by atoms with E-state index >= 15 is 0 Å². The average Bonchev–Trinajstić information content (AvgIpc) is 2.70. The lowest BCUT2D eigenvalue weighted by atomic mass is 9.90. The summed E-state index contributed by atoms with van der Waals surface area (Å²) in [6.45, 7) is 7.12. The van der Waals surface area contributed by atoms with Crippen molar-refractivity contribution >= 4 is 16.7 Å². The summed E-state index contributed by atoms with van der Waals surface area (Å²) in [6.07, 6.45) is 3.44. The van der Waals surface area contributed by atoms with Gasteiger partial charge in [-0.25, -0.2) is 4.79 Å². The van der Waals surface area contributed by atoms with Crippen LogP contribution in [0.15, 0.2) is 54.6 Å². The van der Waals surface area contributed by atoms with Crippen LogP contribution in [0.5, 0.6) is 0 Å². The molecule has 0 aliphatic rings. The molecule has 1 atom stereocenters. The summed E-state index contributed by atoms with van der Waals surface area (Å²) in [5, 5.41) is 15.5. The number of aryl methyl sites for hydroxylation is 1. The Morgan fingerprint density at radius 3 is 2.57 bits per heavy atom. The minimum absolute atomic E-state index is 0.303. The van der Waals surface area contributed by atoms with E-state index in [1.165, 1.54) is 23.8 Å². The van der Waals surface area contributed by atoms with Gasteiger partial charge < -0.3 is 10.4 Å². The fraction of sp³-hybridized carbons (Fsp3) is 0.320. The van der Waals surface area contributed by atoms with E-state index in [4.69, 9.17) is 0 Å². The zero-order valence-corrected chi connectivity index (χ0v) is 17.0. The van der Waals surface area contributed by atoms with Crippen LogP contribution in [-0.4, -0.2) is 17.6 Å². The Morgan fingerprint density at radius 1 is 1.07 bits per heavy atom. The van der Waals surface area contributed by atoms with Gasteiger partial charge in [0.25, 0.3) is 0 Å². The van der Waals surface area contributed by atoms with Gasteiger partial charge in [0.2, 0.25) is 0 Å². The third-order valence-corrected chi connectivity index (χ3v) is 5.36. The zero-order valence-electron chi connectivity index (χ0n) is 17.0. The van der Waals surface area contributed by atoms with E-state index in [0.717, 1.165) is 35.0 Å². The molecule has 0 aromatic heterocycles. The molecule has 3 nitrogen and oxygen atoms in total. The molecule has 3 aromatic carbocycles. The predicted molar refractivity (Wildman–Crippen MR) is 117 cm³/mol. The third kappa shape index (κ3) is 4.26. The molecule has 0 aliphatic carbocycles. The van der Waals surface area contributed by atoms with Crippen molar-refractivity contribution in [1.82, 2.24) is 5.32 Å². The fourth-order valence-corrected chi connectivity index (χ4v) is 3.83. The van der Waals surface area contributed by atoms with Crippen LogP contribution in [0, 0.1) is 6.92 Å². The molecule has 0 spiro atoms. The van der Waals surface area contributed by atoms with E-state index in [9.17, 15) is 9.90 Å². The number of hydrogen-bond donors (Lipinski definition) is 2. The summed E-state index contributed by atoms with van der Waals surface area (Å²) in [5.41, 5.74) is 4.45. The Balaban J connectivity index is 2.18. The molecule has 0 amide bonds. The van der Waals surface area contributed by atoms with Crippen LogP contribution in [0.25, 0.3) is 21.9 Å². The first-order chi connectivity index (χ1) is 13.5. The second-order valence-corrected chi connectivity index (χ2v) is 7.38. The van der Waals surface area contributed by atoms with Crippen molar-refractivity contribution in [3.05, 3.63) is 71.3 Å². The number of carboxylic acids is 1. The minimum atomic E-state index is -0.881. The molecule has 146 valence electrons. The second kappa shape index (κ2) is 9.03. The summed E-state index contributed by atoms with van der Waals surface area (Å²) in [4.78, 5) is 11.6. The molecule has 0 heterocycles. The fourth-order valence-electron chi connectivity index (χ4n) is 3.83. The summed E-state index contributed by atoms with van der Waals surface area (Å²) in [6, 6.07) is 18.9. The smallest absolute Gasteiger partial charge is 0.335 e. The maximum atomic E-state index is 11.6. The lowest BCUT2D eigenvalue weighted by Crippen LogP contribution is -2.20. The highest BCUT2D eigenvalue weighted by molar-refractivity contribution is 5.99. The molecule has 0 saturated heterocycles. The number of fused-ring (bicyclic) bond motifs is 1. The van der Waals surface area contributed by atoms with Gasteiger partial charge in [-0.05, 0) is 71.1 Å². The number of carboxylic acid groups (broad SMARTS) is 1. The van der Waals surface area contributed by atoms with Crippen LogP contribution in [0.3, 0.4) is 0 Å². The number of hydrogen-bond acceptors (Lipinski definition) is 2. The average molecular weight is 376 g/mol. The largest absolute Gasteiger partial charge is 0.478 e. The van der Waals surface area contributed by atoms with Gasteiger partial charge in [-0.2, -0.15) is 0 Å². The van der Waals surface area contributed by atoms with Crippen LogP contribution in [0.2, 0.25) is 0 Å². The molecule has 0 radical (unpaired) electrons. The first-order valence-electron chi connectivity index (χ1n) is 10.2. The number of unbranched alkanes of at least 4 members (excludes halogenated alkanes) is 1. The molecule has 3 heteroatoms. The van der Waals surface area contributed by atoms with Gasteiger partial charge in [0.1, 0.15) is 0 Å². The van der Waals surface area contributed by atoms with Crippen LogP contribution >= 0.6 is 0 Å². The summed E-state index contributed by atoms with van der Waals surface area (Å²) >= 11 is 0. The molecule has 1 unspecified atom stereocenters. The third-order valence-electron chi connectivity index (χ3n) is 5.36. The van der Waals surface area contributed by atoms with E-state index in [1.807, 2.05) is 25.1 Å². The zero-order chi connectivity index (χ0) is 20.1. The van der Waals surface area contributed by atoms with E-state index in [-0.39, 0.29) is 0 Å². The van der Waals surface area contributed by atoms with E-state index in [2.05, 4.69) is 49.5 Å². The van der Waals surface area contributed by atoms with Crippen LogP contribution in [0.4, 0.5) is 0 Å². The highest BCUT2D eigenvalue weighted by Gasteiger charge is 2.15. The minimum Gasteiger partial charge on any atom is -0.478 e. The lowest BCUT2D eigenvalue weighted by Gasteiger charge is -2.21. The van der Waals surface area contributed by atoms with Crippen molar-refractivity contribution in [2.75, 3.05) is 6.54 Å². The standard InChI is InChI=1S/C25H29NO2/c1-4-6-11-24(26-5-2)20-14-18-9-7-8-10-21(18)23(16-20)19-13-12-17(3)22(15-19)25(27)28/h7-10,12-16,24,26H,4-6,11H2,1-3H3,(H,27,28). The quantitative estimate of drug-likeness (QED) is 0.482. The van der Waals surface area contributed by atoms with Gasteiger partial charge in [0.05, 0.1) is 5.56 Å². The number of carbonyl (C=O) groups is 1. The lowest BCUT2D eigenvalue weighted by molar-refractivity contribution is 0.0696. The topological polar surface area (TPSA) is 49.3 Å². The van der Waals surface area contributed by atoms with Gasteiger partial charge in [-0.3, -0.25) is 0 Å². The summed E-state index contributed by atoms with van der Waals surface area (Å²) < 4.78 is 0. The Hall–Kier alpha value is -2.65. The van der Waals surface area contributed by atoms with Gasteiger partial charge in [-0.15, -0.1) is 0 Å². The molecule has 0 fully saturated rings. The van der Waals surface area contributed by atoms with Gasteiger partial charge in [0.15, 0.2) is 0 Å². The predicted octanol–water partition coefficient (Wildman–Crippen LogP) is 6.35. The van der Waals surface area contributed by atoms with Crippen molar-refractivity contribution in [1.29, 1.82) is 0 Å². The first kappa shape index (κ1) is 20.1. The van der Waals surface area contributed by atoms with Crippen molar-refractivity contribution in [3.63, 3.8) is 0 Å². The Kier molecular flexibility index (Phi) is 6.48. The Bertz CT molecular complexity index is 977. The van der Waals surface area contributed by atoms with E-state index in [1.54, 1.807) is 6.07 Å². The van der Waals surface area contributed by atoms with Crippen LogP contribution < -0.4 is 5.32 Å². The molecule has 3 rings (SSSR count). The number of benzene rings is 3. The number of rotatable bonds is 8. The SMILES string of the molecule is CCCCC(NCC)c1cc(-c2ccc(C)c(C(=O)O)c2)c2ccccc2c1. The Morgan fingerprint density at radius 2 is 1.86 bits per heavy atom. The van der Waals surface area contributed by atoms with Gasteiger partial charge >= 0.3 is 5.97 Å². The first-order valence-corrected chi connectivity index (χ1v) is 10.2. The van der Waals surface area contributed by atoms with Crippen molar-refractivity contribution in [3.8, 4) is 11.1 Å². The van der Waals surface area contributed by atoms with Crippen molar-refractivity contribution < 1.29 is 9.90 Å². The molecule has 0 aliphatic heterocycles. The molecule has 2 N–H and O–H groups in total. The van der Waals surface area contributed by atoms with Gasteiger partial charge in [-0.1, -0.05) is 63.1 Å². The van der Waals surface area contributed by atoms with Crippen LogP contribution in [-0.2, 0) is 0 Å². The molecule has 28 heavy (non-hydrogen) atoms. The normalized spacial score (nSPS) is 12.2. The highest BCUT2D eigenvalue weighted by atomic mass is 16.4. The molecule has 0 saturated carbocycles.